The smallest absolute Gasteiger partial charge is 0.339 e. The largest absolute Gasteiger partial charge is 0.462 e. The molecule has 142 valence electrons. The van der Waals surface area contributed by atoms with Crippen LogP contribution in [0.1, 0.15) is 30.1 Å². The molecule has 27 heavy (non-hydrogen) atoms. The molecule has 2 aromatic rings. The predicted octanol–water partition coefficient (Wildman–Crippen LogP) is 3.27. The molecule has 0 aliphatic carbocycles. The Balaban J connectivity index is 1.53. The van der Waals surface area contributed by atoms with Gasteiger partial charge in [-0.1, -0.05) is 0 Å². The summed E-state index contributed by atoms with van der Waals surface area (Å²) in [6.45, 7) is 3.58. The molecule has 1 fully saturated rings. The highest BCUT2D eigenvalue weighted by molar-refractivity contribution is 9.10. The van der Waals surface area contributed by atoms with Gasteiger partial charge in [-0.05, 0) is 60.0 Å². The van der Waals surface area contributed by atoms with Crippen molar-refractivity contribution in [3.63, 3.8) is 0 Å². The van der Waals surface area contributed by atoms with Gasteiger partial charge in [-0.2, -0.15) is 0 Å². The Labute approximate surface area is 166 Å². The van der Waals surface area contributed by atoms with E-state index in [0.717, 1.165) is 36.2 Å². The van der Waals surface area contributed by atoms with Gasteiger partial charge in [0.2, 0.25) is 5.91 Å². The molecule has 1 aliphatic rings. The quantitative estimate of drug-likeness (QED) is 0.729. The summed E-state index contributed by atoms with van der Waals surface area (Å²) in [5.41, 5.74) is 0.442. The number of aromatic nitrogens is 2. The van der Waals surface area contributed by atoms with Crippen LogP contribution in [0.2, 0.25) is 0 Å². The minimum absolute atomic E-state index is 0.00455. The summed E-state index contributed by atoms with van der Waals surface area (Å²) >= 11 is 3.32. The van der Waals surface area contributed by atoms with Crippen LogP contribution in [0.5, 0.6) is 0 Å². The van der Waals surface area contributed by atoms with E-state index >= 15 is 0 Å². The molecule has 3 rings (SSSR count). The summed E-state index contributed by atoms with van der Waals surface area (Å²) in [7, 11) is 0. The Kier molecular flexibility index (Phi) is 6.39. The molecule has 0 saturated carbocycles. The van der Waals surface area contributed by atoms with E-state index in [4.69, 9.17) is 4.74 Å². The normalized spacial score (nSPS) is 14.7. The average Bonchev–Trinajstić information content (AvgIpc) is 2.70. The molecule has 0 bridgehead atoms. The van der Waals surface area contributed by atoms with Gasteiger partial charge in [0, 0.05) is 35.9 Å². The number of halogens is 1. The average molecular weight is 433 g/mol. The van der Waals surface area contributed by atoms with E-state index in [1.807, 2.05) is 12.1 Å². The van der Waals surface area contributed by atoms with E-state index in [1.54, 1.807) is 25.3 Å². The fourth-order valence-corrected chi connectivity index (χ4v) is 3.19. The third-order valence-electron chi connectivity index (χ3n) is 4.43. The van der Waals surface area contributed by atoms with Gasteiger partial charge >= 0.3 is 5.97 Å². The molecule has 7 nitrogen and oxygen atoms in total. The minimum atomic E-state index is -0.367. The van der Waals surface area contributed by atoms with Gasteiger partial charge in [-0.25, -0.2) is 14.8 Å². The van der Waals surface area contributed by atoms with Gasteiger partial charge in [0.25, 0.3) is 0 Å². The third-order valence-corrected chi connectivity index (χ3v) is 4.90. The summed E-state index contributed by atoms with van der Waals surface area (Å²) in [5, 5.41) is 2.87. The van der Waals surface area contributed by atoms with Crippen LogP contribution in [0.3, 0.4) is 0 Å². The van der Waals surface area contributed by atoms with Crippen molar-refractivity contribution < 1.29 is 14.3 Å². The van der Waals surface area contributed by atoms with E-state index in [0.29, 0.717) is 18.0 Å². The number of amides is 1. The second-order valence-electron chi connectivity index (χ2n) is 6.24. The molecule has 1 amide bonds. The number of pyridine rings is 2. The maximum atomic E-state index is 12.4. The van der Waals surface area contributed by atoms with E-state index in [9.17, 15) is 9.59 Å². The lowest BCUT2D eigenvalue weighted by Gasteiger charge is -2.32. The van der Waals surface area contributed by atoms with Crippen molar-refractivity contribution in [1.82, 2.24) is 9.97 Å². The molecular formula is C19H21BrN4O3. The Bertz CT molecular complexity index is 788. The first-order chi connectivity index (χ1) is 13.1. The summed E-state index contributed by atoms with van der Waals surface area (Å²) in [6.07, 6.45) is 4.67. The van der Waals surface area contributed by atoms with Gasteiger partial charge in [0.15, 0.2) is 0 Å². The molecule has 0 aromatic carbocycles. The van der Waals surface area contributed by atoms with E-state index in [1.165, 1.54) is 6.20 Å². The zero-order valence-corrected chi connectivity index (χ0v) is 16.6. The van der Waals surface area contributed by atoms with Crippen molar-refractivity contribution in [1.29, 1.82) is 0 Å². The molecule has 1 aliphatic heterocycles. The number of anilines is 2. The molecule has 3 heterocycles. The van der Waals surface area contributed by atoms with Gasteiger partial charge in [0.05, 0.1) is 12.2 Å². The lowest BCUT2D eigenvalue weighted by molar-refractivity contribution is -0.120. The van der Waals surface area contributed by atoms with Crippen molar-refractivity contribution in [2.75, 3.05) is 29.9 Å². The standard InChI is InChI=1S/C19H21BrN4O3/c1-2-27-19(26)14-3-6-17(22-11-14)24-9-7-13(8-10-24)18(25)23-16-5-4-15(20)12-21-16/h3-6,11-13H,2,7-10H2,1H3,(H,21,23,25). The van der Waals surface area contributed by atoms with Crippen LogP contribution in [0.4, 0.5) is 11.6 Å². The van der Waals surface area contributed by atoms with Crippen LogP contribution in [0.15, 0.2) is 41.1 Å². The first-order valence-electron chi connectivity index (χ1n) is 8.87. The molecular weight excluding hydrogens is 412 g/mol. The SMILES string of the molecule is CCOC(=O)c1ccc(N2CCC(C(=O)Nc3ccc(Br)cn3)CC2)nc1. The van der Waals surface area contributed by atoms with Crippen LogP contribution in [-0.4, -0.2) is 41.5 Å². The van der Waals surface area contributed by atoms with Crippen molar-refractivity contribution in [3.05, 3.63) is 46.7 Å². The number of piperidine rings is 1. The highest BCUT2D eigenvalue weighted by Crippen LogP contribution is 2.23. The van der Waals surface area contributed by atoms with Gasteiger partial charge < -0.3 is 15.0 Å². The number of hydrogen-bond acceptors (Lipinski definition) is 6. The number of esters is 1. The summed E-state index contributed by atoms with van der Waals surface area (Å²) < 4.78 is 5.83. The topological polar surface area (TPSA) is 84.4 Å². The van der Waals surface area contributed by atoms with Crippen molar-refractivity contribution >= 4 is 39.4 Å². The zero-order chi connectivity index (χ0) is 19.2. The van der Waals surface area contributed by atoms with E-state index in [2.05, 4.69) is 36.1 Å². The monoisotopic (exact) mass is 432 g/mol. The molecule has 0 atom stereocenters. The Morgan fingerprint density at radius 2 is 1.96 bits per heavy atom. The van der Waals surface area contributed by atoms with Crippen LogP contribution < -0.4 is 10.2 Å². The molecule has 0 radical (unpaired) electrons. The number of carbonyl (C=O) groups excluding carboxylic acids is 2. The molecule has 1 saturated heterocycles. The zero-order valence-electron chi connectivity index (χ0n) is 15.0. The third kappa shape index (κ3) is 5.03. The van der Waals surface area contributed by atoms with Gasteiger partial charge in [-0.15, -0.1) is 0 Å². The lowest BCUT2D eigenvalue weighted by Crippen LogP contribution is -2.38. The van der Waals surface area contributed by atoms with Crippen LogP contribution in [-0.2, 0) is 9.53 Å². The highest BCUT2D eigenvalue weighted by Gasteiger charge is 2.26. The number of ether oxygens (including phenoxy) is 1. The summed E-state index contributed by atoms with van der Waals surface area (Å²) in [6, 6.07) is 7.15. The van der Waals surface area contributed by atoms with Crippen LogP contribution in [0.25, 0.3) is 0 Å². The minimum Gasteiger partial charge on any atom is -0.462 e. The summed E-state index contributed by atoms with van der Waals surface area (Å²) in [4.78, 5) is 34.8. The number of hydrogen-bond donors (Lipinski definition) is 1. The predicted molar refractivity (Wildman–Crippen MR) is 106 cm³/mol. The van der Waals surface area contributed by atoms with Crippen LogP contribution >= 0.6 is 15.9 Å². The number of carbonyl (C=O) groups is 2. The van der Waals surface area contributed by atoms with Crippen molar-refractivity contribution in [2.45, 2.75) is 19.8 Å². The first-order valence-corrected chi connectivity index (χ1v) is 9.66. The molecule has 0 unspecified atom stereocenters. The van der Waals surface area contributed by atoms with E-state index < -0.39 is 0 Å². The first kappa shape index (κ1) is 19.3. The Morgan fingerprint density at radius 3 is 2.56 bits per heavy atom. The fourth-order valence-electron chi connectivity index (χ4n) is 2.96. The molecule has 0 spiro atoms. The second-order valence-corrected chi connectivity index (χ2v) is 7.15. The Morgan fingerprint density at radius 1 is 1.19 bits per heavy atom. The molecule has 8 heteroatoms. The van der Waals surface area contributed by atoms with Crippen molar-refractivity contribution in [3.8, 4) is 0 Å². The van der Waals surface area contributed by atoms with Crippen LogP contribution in [0, 0.1) is 5.92 Å². The maximum Gasteiger partial charge on any atom is 0.339 e. The van der Waals surface area contributed by atoms with E-state index in [-0.39, 0.29) is 17.8 Å². The molecule has 2 aromatic heterocycles. The van der Waals surface area contributed by atoms with Gasteiger partial charge in [-0.3, -0.25) is 4.79 Å². The van der Waals surface area contributed by atoms with Gasteiger partial charge in [0.1, 0.15) is 11.6 Å². The maximum absolute atomic E-state index is 12.4. The second kappa shape index (κ2) is 8.94. The highest BCUT2D eigenvalue weighted by atomic mass is 79.9. The number of nitrogens with zero attached hydrogens (tertiary/aromatic N) is 3. The summed E-state index contributed by atoms with van der Waals surface area (Å²) in [5.74, 6) is 0.937. The van der Waals surface area contributed by atoms with Crippen molar-refractivity contribution in [2.24, 2.45) is 5.92 Å². The number of rotatable bonds is 5. The molecule has 1 N–H and O–H groups in total. The Hall–Kier alpha value is -2.48. The number of nitrogens with one attached hydrogen (secondary N) is 1. The fraction of sp³-hybridized carbons (Fsp3) is 0.368. The lowest BCUT2D eigenvalue weighted by atomic mass is 9.96.